The third-order valence-electron chi connectivity index (χ3n) is 5.58. The lowest BCUT2D eigenvalue weighted by Crippen LogP contribution is -2.40. The monoisotopic (exact) mass is 370 g/mol. The van der Waals surface area contributed by atoms with Crippen LogP contribution in [0.5, 0.6) is 0 Å². The van der Waals surface area contributed by atoms with Crippen LogP contribution in [0.15, 0.2) is 40.9 Å². The Labute approximate surface area is 159 Å². The van der Waals surface area contributed by atoms with Crippen molar-refractivity contribution in [3.05, 3.63) is 42.4 Å². The minimum atomic E-state index is -0.817. The quantitative estimate of drug-likeness (QED) is 0.805. The number of aromatic nitrogens is 1. The molecule has 27 heavy (non-hydrogen) atoms. The first-order valence-corrected chi connectivity index (χ1v) is 9.43. The molecule has 1 aliphatic heterocycles. The van der Waals surface area contributed by atoms with Gasteiger partial charge in [-0.25, -0.2) is 4.98 Å². The fourth-order valence-electron chi connectivity index (χ4n) is 3.65. The summed E-state index contributed by atoms with van der Waals surface area (Å²) in [6, 6.07) is 9.76. The molecule has 0 radical (unpaired) electrons. The molecule has 0 aliphatic carbocycles. The van der Waals surface area contributed by atoms with E-state index in [1.54, 1.807) is 11.1 Å². The molecular weight excluding hydrogens is 344 g/mol. The highest BCUT2D eigenvalue weighted by Crippen LogP contribution is 2.38. The molecule has 0 spiro atoms. The van der Waals surface area contributed by atoms with Crippen molar-refractivity contribution in [2.45, 2.75) is 39.5 Å². The van der Waals surface area contributed by atoms with E-state index in [1.807, 2.05) is 44.2 Å². The minimum absolute atomic E-state index is 0.00322. The van der Waals surface area contributed by atoms with E-state index < -0.39 is 11.4 Å². The molecule has 0 bridgehead atoms. The molecule has 1 amide bonds. The molecule has 1 aliphatic rings. The van der Waals surface area contributed by atoms with Crippen LogP contribution in [0.4, 0.5) is 0 Å². The molecule has 1 unspecified atom stereocenters. The number of rotatable bonds is 7. The number of carboxylic acid groups (broad SMARTS) is 1. The molecule has 1 fully saturated rings. The predicted molar refractivity (Wildman–Crippen MR) is 101 cm³/mol. The second-order valence-corrected chi connectivity index (χ2v) is 7.52. The lowest BCUT2D eigenvalue weighted by Gasteiger charge is -2.28. The maximum absolute atomic E-state index is 12.5. The lowest BCUT2D eigenvalue weighted by atomic mass is 9.76. The van der Waals surface area contributed by atoms with Crippen molar-refractivity contribution in [1.82, 2.24) is 9.88 Å². The molecule has 0 saturated carbocycles. The van der Waals surface area contributed by atoms with E-state index >= 15 is 0 Å². The molecule has 1 saturated heterocycles. The van der Waals surface area contributed by atoms with Gasteiger partial charge in [-0.05, 0) is 18.8 Å². The standard InChI is InChI=1S/C21H26N2O4/c1-15(2)21(20(25)26)11-12-23(14-21)19(24)10-6-9-18-22-13-17(27-18)16-7-4-3-5-8-16/h3-5,7-8,13,15H,6,9-12,14H2,1-2H3,(H,25,26). The second-order valence-electron chi connectivity index (χ2n) is 7.52. The largest absolute Gasteiger partial charge is 0.481 e. The Bertz CT molecular complexity index is 800. The Balaban J connectivity index is 1.51. The number of carboxylic acids is 1. The van der Waals surface area contributed by atoms with Crippen LogP contribution in [0.3, 0.4) is 0 Å². The summed E-state index contributed by atoms with van der Waals surface area (Å²) in [4.78, 5) is 30.2. The Kier molecular flexibility index (Phi) is 5.63. The van der Waals surface area contributed by atoms with Crippen molar-refractivity contribution in [3.63, 3.8) is 0 Å². The number of hydrogen-bond acceptors (Lipinski definition) is 4. The van der Waals surface area contributed by atoms with Gasteiger partial charge < -0.3 is 14.4 Å². The highest BCUT2D eigenvalue weighted by atomic mass is 16.4. The number of aryl methyl sites for hydroxylation is 1. The molecule has 1 aromatic carbocycles. The van der Waals surface area contributed by atoms with E-state index in [0.29, 0.717) is 44.7 Å². The first kappa shape index (κ1) is 19.1. The number of carbonyl (C=O) groups excluding carboxylic acids is 1. The van der Waals surface area contributed by atoms with Crippen LogP contribution in [-0.2, 0) is 16.0 Å². The van der Waals surface area contributed by atoms with Crippen molar-refractivity contribution in [3.8, 4) is 11.3 Å². The summed E-state index contributed by atoms with van der Waals surface area (Å²) < 4.78 is 5.76. The number of oxazole rings is 1. The maximum atomic E-state index is 12.5. The fraction of sp³-hybridized carbons (Fsp3) is 0.476. The summed E-state index contributed by atoms with van der Waals surface area (Å²) in [5.74, 6) is 0.538. The molecule has 1 N–H and O–H groups in total. The third kappa shape index (κ3) is 4.04. The number of likely N-dealkylation sites (tertiary alicyclic amines) is 1. The van der Waals surface area contributed by atoms with Gasteiger partial charge in [0.05, 0.1) is 11.6 Å². The molecule has 3 rings (SSSR count). The third-order valence-corrected chi connectivity index (χ3v) is 5.58. The maximum Gasteiger partial charge on any atom is 0.311 e. The van der Waals surface area contributed by atoms with Crippen molar-refractivity contribution in [2.24, 2.45) is 11.3 Å². The van der Waals surface area contributed by atoms with Gasteiger partial charge in [0.1, 0.15) is 0 Å². The van der Waals surface area contributed by atoms with Crippen LogP contribution in [0.25, 0.3) is 11.3 Å². The zero-order valence-electron chi connectivity index (χ0n) is 15.9. The highest BCUT2D eigenvalue weighted by Gasteiger charge is 2.48. The molecule has 2 heterocycles. The normalized spacial score (nSPS) is 19.6. The van der Waals surface area contributed by atoms with E-state index in [9.17, 15) is 14.7 Å². The Morgan fingerprint density at radius 1 is 1.30 bits per heavy atom. The highest BCUT2D eigenvalue weighted by molar-refractivity contribution is 5.80. The van der Waals surface area contributed by atoms with E-state index in [1.165, 1.54) is 0 Å². The summed E-state index contributed by atoms with van der Waals surface area (Å²) in [7, 11) is 0. The van der Waals surface area contributed by atoms with Crippen LogP contribution < -0.4 is 0 Å². The number of hydrogen-bond donors (Lipinski definition) is 1. The van der Waals surface area contributed by atoms with Crippen molar-refractivity contribution in [1.29, 1.82) is 0 Å². The smallest absolute Gasteiger partial charge is 0.311 e. The Morgan fingerprint density at radius 2 is 2.04 bits per heavy atom. The van der Waals surface area contributed by atoms with Gasteiger partial charge in [0.2, 0.25) is 5.91 Å². The van der Waals surface area contributed by atoms with Gasteiger partial charge in [-0.2, -0.15) is 0 Å². The SMILES string of the molecule is CC(C)C1(C(=O)O)CCN(C(=O)CCCc2ncc(-c3ccccc3)o2)C1. The first-order valence-electron chi connectivity index (χ1n) is 9.43. The van der Waals surface area contributed by atoms with E-state index in [-0.39, 0.29) is 11.8 Å². The molecule has 1 atom stereocenters. The van der Waals surface area contributed by atoms with Gasteiger partial charge in [0, 0.05) is 31.5 Å². The Morgan fingerprint density at radius 3 is 2.67 bits per heavy atom. The molecule has 6 heteroatoms. The number of aliphatic carboxylic acids is 1. The molecular formula is C21H26N2O4. The molecule has 2 aromatic rings. The van der Waals surface area contributed by atoms with Gasteiger partial charge in [-0.1, -0.05) is 44.2 Å². The molecule has 1 aromatic heterocycles. The minimum Gasteiger partial charge on any atom is -0.481 e. The van der Waals surface area contributed by atoms with Gasteiger partial charge in [0.25, 0.3) is 0 Å². The van der Waals surface area contributed by atoms with E-state index in [2.05, 4.69) is 4.98 Å². The summed E-state index contributed by atoms with van der Waals surface area (Å²) in [6.45, 7) is 4.64. The molecule has 6 nitrogen and oxygen atoms in total. The zero-order chi connectivity index (χ0) is 19.4. The lowest BCUT2D eigenvalue weighted by molar-refractivity contribution is -0.151. The number of nitrogens with zero attached hydrogens (tertiary/aromatic N) is 2. The number of benzene rings is 1. The zero-order valence-corrected chi connectivity index (χ0v) is 15.9. The van der Waals surface area contributed by atoms with Gasteiger partial charge in [-0.15, -0.1) is 0 Å². The first-order chi connectivity index (χ1) is 12.9. The average Bonchev–Trinajstić information content (AvgIpc) is 3.30. The summed E-state index contributed by atoms with van der Waals surface area (Å²) >= 11 is 0. The summed E-state index contributed by atoms with van der Waals surface area (Å²) in [5, 5.41) is 9.60. The topological polar surface area (TPSA) is 83.6 Å². The van der Waals surface area contributed by atoms with E-state index in [4.69, 9.17) is 4.42 Å². The van der Waals surface area contributed by atoms with Gasteiger partial charge in [0.15, 0.2) is 11.7 Å². The summed E-state index contributed by atoms with van der Waals surface area (Å²) in [5.41, 5.74) is 0.158. The Hall–Kier alpha value is -2.63. The second kappa shape index (κ2) is 7.94. The average molecular weight is 370 g/mol. The van der Waals surface area contributed by atoms with Crippen molar-refractivity contribution in [2.75, 3.05) is 13.1 Å². The predicted octanol–water partition coefficient (Wildman–Crippen LogP) is 3.62. The molecule has 144 valence electrons. The van der Waals surface area contributed by atoms with Crippen LogP contribution in [0.2, 0.25) is 0 Å². The number of amides is 1. The van der Waals surface area contributed by atoms with Crippen LogP contribution in [-0.4, -0.2) is 40.0 Å². The fourth-order valence-corrected chi connectivity index (χ4v) is 3.65. The van der Waals surface area contributed by atoms with Crippen molar-refractivity contribution < 1.29 is 19.1 Å². The summed E-state index contributed by atoms with van der Waals surface area (Å²) in [6.07, 6.45) is 3.81. The van der Waals surface area contributed by atoms with Crippen molar-refractivity contribution >= 4 is 11.9 Å². The van der Waals surface area contributed by atoms with E-state index in [0.717, 1.165) is 11.3 Å². The number of carbonyl (C=O) groups is 2. The van der Waals surface area contributed by atoms with Gasteiger partial charge in [-0.3, -0.25) is 9.59 Å². The van der Waals surface area contributed by atoms with Crippen LogP contribution in [0.1, 0.15) is 39.0 Å². The van der Waals surface area contributed by atoms with Gasteiger partial charge >= 0.3 is 5.97 Å². The van der Waals surface area contributed by atoms with Crippen LogP contribution >= 0.6 is 0 Å². The van der Waals surface area contributed by atoms with Crippen LogP contribution in [0, 0.1) is 11.3 Å².